The minimum Gasteiger partial charge on any atom is -0.497 e. The first-order valence-corrected chi connectivity index (χ1v) is 6.56. The summed E-state index contributed by atoms with van der Waals surface area (Å²) >= 11 is 0. The number of rotatable bonds is 7. The van der Waals surface area contributed by atoms with Gasteiger partial charge in [0.15, 0.2) is 0 Å². The van der Waals surface area contributed by atoms with E-state index < -0.39 is 11.9 Å². The first kappa shape index (κ1) is 16.0. The molecular weight excluding hydrogens is 258 g/mol. The van der Waals surface area contributed by atoms with Crippen LogP contribution in [0.25, 0.3) is 0 Å². The Morgan fingerprint density at radius 2 is 1.85 bits per heavy atom. The average molecular weight is 279 g/mol. The quantitative estimate of drug-likeness (QED) is 0.796. The van der Waals surface area contributed by atoms with Crippen molar-refractivity contribution >= 4 is 11.9 Å². The first-order valence-electron chi connectivity index (χ1n) is 6.56. The van der Waals surface area contributed by atoms with E-state index in [1.165, 1.54) is 0 Å². The molecule has 1 amide bonds. The number of hydrogen-bond donors (Lipinski definition) is 2. The number of nitrogens with one attached hydrogen (secondary N) is 1. The van der Waals surface area contributed by atoms with Crippen LogP contribution in [0.4, 0.5) is 0 Å². The molecule has 5 nitrogen and oxygen atoms in total. The van der Waals surface area contributed by atoms with Gasteiger partial charge in [-0.1, -0.05) is 26.0 Å². The van der Waals surface area contributed by atoms with Gasteiger partial charge in [0.1, 0.15) is 5.75 Å². The van der Waals surface area contributed by atoms with Crippen molar-refractivity contribution in [2.75, 3.05) is 13.7 Å². The molecular formula is C15H21NO4. The highest BCUT2D eigenvalue weighted by atomic mass is 16.5. The number of ether oxygens (including phenoxy) is 1. The number of carboxylic acids is 1. The number of aliphatic carboxylic acids is 1. The van der Waals surface area contributed by atoms with Gasteiger partial charge in [0.2, 0.25) is 5.91 Å². The third-order valence-electron chi connectivity index (χ3n) is 3.16. The predicted octanol–water partition coefficient (Wildman–Crippen LogP) is 1.71. The van der Waals surface area contributed by atoms with Crippen molar-refractivity contribution in [3.8, 4) is 5.75 Å². The molecule has 0 heterocycles. The molecule has 0 bridgehead atoms. The van der Waals surface area contributed by atoms with Gasteiger partial charge < -0.3 is 15.2 Å². The van der Waals surface area contributed by atoms with Gasteiger partial charge >= 0.3 is 5.97 Å². The third-order valence-corrected chi connectivity index (χ3v) is 3.16. The Morgan fingerprint density at radius 1 is 1.25 bits per heavy atom. The molecule has 1 aromatic carbocycles. The van der Waals surface area contributed by atoms with Crippen LogP contribution in [0.1, 0.15) is 19.4 Å². The highest BCUT2D eigenvalue weighted by Crippen LogP contribution is 2.12. The summed E-state index contributed by atoms with van der Waals surface area (Å²) in [6.07, 6.45) is 0.231. The van der Waals surface area contributed by atoms with E-state index >= 15 is 0 Å². The number of carbonyl (C=O) groups is 2. The van der Waals surface area contributed by atoms with E-state index in [1.807, 2.05) is 26.0 Å². The summed E-state index contributed by atoms with van der Waals surface area (Å²) in [5.74, 6) is -0.907. The maximum atomic E-state index is 11.8. The Hall–Kier alpha value is -2.04. The van der Waals surface area contributed by atoms with Gasteiger partial charge in [-0.25, -0.2) is 0 Å². The molecule has 0 saturated heterocycles. The molecule has 0 fully saturated rings. The third kappa shape index (κ3) is 4.91. The first-order chi connectivity index (χ1) is 9.43. The lowest BCUT2D eigenvalue weighted by atomic mass is 9.96. The van der Waals surface area contributed by atoms with Crippen molar-refractivity contribution in [1.29, 1.82) is 0 Å². The van der Waals surface area contributed by atoms with Crippen molar-refractivity contribution in [1.82, 2.24) is 5.32 Å². The van der Waals surface area contributed by atoms with Gasteiger partial charge in [0, 0.05) is 6.54 Å². The summed E-state index contributed by atoms with van der Waals surface area (Å²) in [5.41, 5.74) is 0.861. The van der Waals surface area contributed by atoms with E-state index in [2.05, 4.69) is 5.32 Å². The van der Waals surface area contributed by atoms with Crippen LogP contribution >= 0.6 is 0 Å². The standard InChI is InChI=1S/C15H21NO4/c1-10(2)13(15(18)19)9-16-14(17)8-11-4-6-12(20-3)7-5-11/h4-7,10,13H,8-9H2,1-3H3,(H,16,17)(H,18,19). The van der Waals surface area contributed by atoms with E-state index in [9.17, 15) is 9.59 Å². The van der Waals surface area contributed by atoms with Crippen LogP contribution in [0.2, 0.25) is 0 Å². The molecule has 0 radical (unpaired) electrons. The number of hydrogen-bond acceptors (Lipinski definition) is 3. The topological polar surface area (TPSA) is 75.6 Å². The Kier molecular flexibility index (Phi) is 6.03. The number of carboxylic acid groups (broad SMARTS) is 1. The number of carbonyl (C=O) groups excluding carboxylic acids is 1. The molecule has 5 heteroatoms. The molecule has 1 aromatic rings. The second-order valence-corrected chi connectivity index (χ2v) is 5.02. The lowest BCUT2D eigenvalue weighted by Gasteiger charge is -2.16. The van der Waals surface area contributed by atoms with E-state index in [0.717, 1.165) is 11.3 Å². The molecule has 2 N–H and O–H groups in total. The second-order valence-electron chi connectivity index (χ2n) is 5.02. The molecule has 20 heavy (non-hydrogen) atoms. The zero-order valence-corrected chi connectivity index (χ0v) is 12.1. The predicted molar refractivity (Wildman–Crippen MR) is 75.7 cm³/mol. The molecule has 1 unspecified atom stereocenters. The fourth-order valence-corrected chi connectivity index (χ4v) is 1.82. The van der Waals surface area contributed by atoms with Gasteiger partial charge in [-0.15, -0.1) is 0 Å². The van der Waals surface area contributed by atoms with Crippen LogP contribution in [0.5, 0.6) is 5.75 Å². The van der Waals surface area contributed by atoms with Crippen molar-refractivity contribution in [3.63, 3.8) is 0 Å². The van der Waals surface area contributed by atoms with Crippen molar-refractivity contribution in [3.05, 3.63) is 29.8 Å². The van der Waals surface area contributed by atoms with Gasteiger partial charge in [-0.2, -0.15) is 0 Å². The lowest BCUT2D eigenvalue weighted by Crippen LogP contribution is -2.36. The molecule has 0 aliphatic rings. The summed E-state index contributed by atoms with van der Waals surface area (Å²) in [5, 5.41) is 11.7. The fraction of sp³-hybridized carbons (Fsp3) is 0.467. The van der Waals surface area contributed by atoms with Gasteiger partial charge in [0.05, 0.1) is 19.4 Å². The Labute approximate surface area is 118 Å². The normalized spacial score (nSPS) is 12.0. The van der Waals surface area contributed by atoms with Crippen molar-refractivity contribution < 1.29 is 19.4 Å². The van der Waals surface area contributed by atoms with Crippen LogP contribution in [-0.2, 0) is 16.0 Å². The minimum atomic E-state index is -0.884. The summed E-state index contributed by atoms with van der Waals surface area (Å²) in [6.45, 7) is 3.81. The average Bonchev–Trinajstić information content (AvgIpc) is 2.39. The number of amides is 1. The Balaban J connectivity index is 2.48. The zero-order chi connectivity index (χ0) is 15.1. The van der Waals surface area contributed by atoms with Gasteiger partial charge in [0.25, 0.3) is 0 Å². The summed E-state index contributed by atoms with van der Waals surface area (Å²) < 4.78 is 5.04. The monoisotopic (exact) mass is 279 g/mol. The maximum Gasteiger partial charge on any atom is 0.308 e. The van der Waals surface area contributed by atoms with E-state index in [0.29, 0.717) is 0 Å². The summed E-state index contributed by atoms with van der Waals surface area (Å²) in [7, 11) is 1.58. The van der Waals surface area contributed by atoms with E-state index in [-0.39, 0.29) is 24.8 Å². The van der Waals surface area contributed by atoms with Crippen LogP contribution in [0, 0.1) is 11.8 Å². The Bertz CT molecular complexity index is 453. The number of methoxy groups -OCH3 is 1. The van der Waals surface area contributed by atoms with E-state index in [1.54, 1.807) is 19.2 Å². The van der Waals surface area contributed by atoms with Gasteiger partial charge in [-0.3, -0.25) is 9.59 Å². The maximum absolute atomic E-state index is 11.8. The molecule has 1 atom stereocenters. The molecule has 0 spiro atoms. The minimum absolute atomic E-state index is 0.0196. The zero-order valence-electron chi connectivity index (χ0n) is 12.1. The van der Waals surface area contributed by atoms with Crippen LogP contribution in [-0.4, -0.2) is 30.6 Å². The molecule has 0 aliphatic carbocycles. The highest BCUT2D eigenvalue weighted by molar-refractivity contribution is 5.79. The summed E-state index contributed by atoms with van der Waals surface area (Å²) in [6, 6.07) is 7.21. The van der Waals surface area contributed by atoms with Crippen LogP contribution in [0.3, 0.4) is 0 Å². The van der Waals surface area contributed by atoms with Crippen LogP contribution in [0.15, 0.2) is 24.3 Å². The van der Waals surface area contributed by atoms with Crippen LogP contribution < -0.4 is 10.1 Å². The fourth-order valence-electron chi connectivity index (χ4n) is 1.82. The molecule has 0 aliphatic heterocycles. The molecule has 0 aromatic heterocycles. The lowest BCUT2D eigenvalue weighted by molar-refractivity contribution is -0.143. The largest absolute Gasteiger partial charge is 0.497 e. The SMILES string of the molecule is COc1ccc(CC(=O)NCC(C(=O)O)C(C)C)cc1. The molecule has 1 rings (SSSR count). The summed E-state index contributed by atoms with van der Waals surface area (Å²) in [4.78, 5) is 22.8. The van der Waals surface area contributed by atoms with Crippen molar-refractivity contribution in [2.24, 2.45) is 11.8 Å². The molecule has 110 valence electrons. The van der Waals surface area contributed by atoms with Gasteiger partial charge in [-0.05, 0) is 23.6 Å². The molecule has 0 saturated carbocycles. The van der Waals surface area contributed by atoms with Crippen molar-refractivity contribution in [2.45, 2.75) is 20.3 Å². The van der Waals surface area contributed by atoms with E-state index in [4.69, 9.17) is 9.84 Å². The second kappa shape index (κ2) is 7.53. The number of benzene rings is 1. The highest BCUT2D eigenvalue weighted by Gasteiger charge is 2.21. The smallest absolute Gasteiger partial charge is 0.308 e. The Morgan fingerprint density at radius 3 is 2.30 bits per heavy atom.